The van der Waals surface area contributed by atoms with Crippen molar-refractivity contribution in [3.8, 4) is 0 Å². The largest absolute Gasteiger partial charge is 0.244 e. The molecule has 0 saturated heterocycles. The van der Waals surface area contributed by atoms with Crippen LogP contribution in [-0.2, 0) is 19.9 Å². The lowest BCUT2D eigenvalue weighted by atomic mass is 9.89. The molecule has 1 aliphatic carbocycles. The molecule has 0 heterocycles. The molecule has 214 valence electrons. The summed E-state index contributed by atoms with van der Waals surface area (Å²) < 4.78 is 81.2. The van der Waals surface area contributed by atoms with Gasteiger partial charge < -0.3 is 0 Å². The maximum atomic E-state index is 14.4. The number of hydrogen-bond donors (Lipinski definition) is 0. The number of azo groups is 1. The number of benzene rings is 2. The minimum atomic E-state index is -4.09. The topological polar surface area (TPSA) is 96.2 Å². The number of hydrogen-bond acceptors (Lipinski definition) is 6. The van der Waals surface area contributed by atoms with Crippen LogP contribution in [0.2, 0.25) is 0 Å². The molecule has 0 spiro atoms. The average Bonchev–Trinajstić information content (AvgIpc) is 2.87. The van der Waals surface area contributed by atoms with Crippen LogP contribution in [0.1, 0.15) is 52.0 Å². The van der Waals surface area contributed by atoms with Crippen molar-refractivity contribution in [3.63, 3.8) is 0 Å². The van der Waals surface area contributed by atoms with Crippen molar-refractivity contribution in [1.82, 2.24) is 4.31 Å². The first-order chi connectivity index (χ1) is 18.4. The molecule has 1 atom stereocenters. The fourth-order valence-electron chi connectivity index (χ4n) is 4.25. The Labute approximate surface area is 231 Å². The summed E-state index contributed by atoms with van der Waals surface area (Å²) in [6, 6.07) is 9.12. The third-order valence-corrected chi connectivity index (χ3v) is 9.18. The Kier molecular flexibility index (Phi) is 12.1. The molecule has 0 aliphatic heterocycles. The Hall–Kier alpha value is -2.76. The normalized spacial score (nSPS) is 16.7. The monoisotopic (exact) mass is 581 g/mol. The maximum Gasteiger partial charge on any atom is 0.244 e. The van der Waals surface area contributed by atoms with Crippen molar-refractivity contribution in [3.05, 3.63) is 77.4 Å². The summed E-state index contributed by atoms with van der Waals surface area (Å²) in [6.07, 6.45) is 7.75. The van der Waals surface area contributed by atoms with Gasteiger partial charge in [-0.05, 0) is 61.1 Å². The van der Waals surface area contributed by atoms with E-state index in [1.807, 2.05) is 6.08 Å². The molecular formula is C28H37F2N3O4S2. The molecule has 11 heteroatoms. The molecule has 0 amide bonds. The van der Waals surface area contributed by atoms with Gasteiger partial charge in [0.15, 0.2) is 9.84 Å². The van der Waals surface area contributed by atoms with Crippen LogP contribution >= 0.6 is 0 Å². The molecule has 0 bridgehead atoms. The maximum absolute atomic E-state index is 14.4. The highest BCUT2D eigenvalue weighted by molar-refractivity contribution is 7.93. The van der Waals surface area contributed by atoms with Gasteiger partial charge in [-0.15, -0.1) is 0 Å². The molecule has 0 saturated carbocycles. The molecule has 0 fully saturated rings. The highest BCUT2D eigenvalue weighted by atomic mass is 32.2. The quantitative estimate of drug-likeness (QED) is 0.310. The zero-order valence-electron chi connectivity index (χ0n) is 23.1. The van der Waals surface area contributed by atoms with Crippen LogP contribution in [0.3, 0.4) is 0 Å². The molecule has 1 aliphatic rings. The summed E-state index contributed by atoms with van der Waals surface area (Å²) in [7, 11) is -6.44. The van der Waals surface area contributed by atoms with Crippen molar-refractivity contribution >= 4 is 25.6 Å². The molecule has 1 unspecified atom stereocenters. The Morgan fingerprint density at radius 3 is 2.13 bits per heavy atom. The molecule has 0 aromatic heterocycles. The zero-order valence-corrected chi connectivity index (χ0v) is 24.7. The summed E-state index contributed by atoms with van der Waals surface area (Å²) in [5, 5.41) is 7.62. The average molecular weight is 582 g/mol. The van der Waals surface area contributed by atoms with Crippen LogP contribution in [0, 0.1) is 17.6 Å². The second kappa shape index (κ2) is 14.6. The Morgan fingerprint density at radius 2 is 1.59 bits per heavy atom. The number of allylic oxidation sites excluding steroid dienone is 2. The Morgan fingerprint density at radius 1 is 1.00 bits per heavy atom. The van der Waals surface area contributed by atoms with E-state index >= 15 is 0 Å². The molecule has 0 N–H and O–H groups in total. The molecule has 2 aromatic carbocycles. The van der Waals surface area contributed by atoms with Gasteiger partial charge in [0, 0.05) is 26.4 Å². The summed E-state index contributed by atoms with van der Waals surface area (Å²) in [4.78, 5) is -0.498. The molecular weight excluding hydrogens is 544 g/mol. The van der Waals surface area contributed by atoms with Gasteiger partial charge in [-0.3, -0.25) is 0 Å². The van der Waals surface area contributed by atoms with Crippen LogP contribution in [0.25, 0.3) is 5.70 Å². The molecule has 3 rings (SSSR count). The lowest BCUT2D eigenvalue weighted by molar-refractivity contribution is 0.363. The van der Waals surface area contributed by atoms with Crippen molar-refractivity contribution in [2.24, 2.45) is 16.1 Å². The van der Waals surface area contributed by atoms with Gasteiger partial charge in [0.2, 0.25) is 10.0 Å². The highest BCUT2D eigenvalue weighted by Gasteiger charge is 2.30. The number of sulfonamides is 1. The van der Waals surface area contributed by atoms with E-state index in [9.17, 15) is 25.6 Å². The van der Waals surface area contributed by atoms with Crippen molar-refractivity contribution < 1.29 is 25.6 Å². The summed E-state index contributed by atoms with van der Waals surface area (Å²) >= 11 is 0. The van der Waals surface area contributed by atoms with Crippen LogP contribution < -0.4 is 0 Å². The van der Waals surface area contributed by atoms with Crippen molar-refractivity contribution in [2.75, 3.05) is 26.4 Å². The summed E-state index contributed by atoms with van der Waals surface area (Å²) in [5.74, 6) is -1.70. The van der Waals surface area contributed by atoms with E-state index in [1.165, 1.54) is 48.1 Å². The van der Waals surface area contributed by atoms with E-state index in [4.69, 9.17) is 0 Å². The Bertz CT molecular complexity index is 1420. The van der Waals surface area contributed by atoms with Gasteiger partial charge in [0.1, 0.15) is 16.5 Å². The summed E-state index contributed by atoms with van der Waals surface area (Å²) in [6.45, 7) is 6.22. The van der Waals surface area contributed by atoms with Crippen LogP contribution in [0.5, 0.6) is 0 Å². The van der Waals surface area contributed by atoms with Gasteiger partial charge in [-0.1, -0.05) is 51.5 Å². The first kappa shape index (κ1) is 32.5. The second-order valence-corrected chi connectivity index (χ2v) is 13.1. The van der Waals surface area contributed by atoms with E-state index in [2.05, 4.69) is 24.1 Å². The third kappa shape index (κ3) is 8.61. The van der Waals surface area contributed by atoms with E-state index < -0.39 is 31.5 Å². The molecule has 7 nitrogen and oxygen atoms in total. The highest BCUT2D eigenvalue weighted by Crippen LogP contribution is 2.31. The van der Waals surface area contributed by atoms with E-state index in [0.29, 0.717) is 12.8 Å². The number of rotatable bonds is 9. The first-order valence-electron chi connectivity index (χ1n) is 12.9. The zero-order chi connectivity index (χ0) is 29.2. The first-order valence-corrected chi connectivity index (χ1v) is 16.2. The third-order valence-electron chi connectivity index (χ3n) is 5.90. The van der Waals surface area contributed by atoms with Gasteiger partial charge >= 0.3 is 0 Å². The van der Waals surface area contributed by atoms with E-state index in [0.717, 1.165) is 30.4 Å². The van der Waals surface area contributed by atoms with Gasteiger partial charge in [0.05, 0.1) is 16.2 Å². The number of halogens is 2. The van der Waals surface area contributed by atoms with E-state index in [-0.39, 0.29) is 40.1 Å². The van der Waals surface area contributed by atoms with Gasteiger partial charge in [-0.2, -0.15) is 14.5 Å². The number of nitrogens with zero attached hydrogens (tertiary/aromatic N) is 3. The second-order valence-electron chi connectivity index (χ2n) is 9.20. The smallest absolute Gasteiger partial charge is 0.224 e. The van der Waals surface area contributed by atoms with Crippen molar-refractivity contribution in [2.45, 2.75) is 56.2 Å². The van der Waals surface area contributed by atoms with Crippen LogP contribution in [0.4, 0.5) is 8.78 Å². The minimum absolute atomic E-state index is 0.0436. The van der Waals surface area contributed by atoms with Crippen molar-refractivity contribution in [1.29, 1.82) is 0 Å². The fraction of sp³-hybridized carbons (Fsp3) is 0.429. The summed E-state index contributed by atoms with van der Waals surface area (Å²) in [5.41, 5.74) is 0.532. The van der Waals surface area contributed by atoms with Crippen LogP contribution in [-0.4, -0.2) is 47.5 Å². The van der Waals surface area contributed by atoms with E-state index in [1.54, 1.807) is 13.0 Å². The lowest BCUT2D eigenvalue weighted by Gasteiger charge is -2.27. The lowest BCUT2D eigenvalue weighted by Crippen LogP contribution is -2.36. The standard InChI is InChI=1S/C25H29F2N3O4S2.C3H8/c1-4-30(36(33,34)24-14-6-5-13-23(24)35(3,31)32)17-19-10-7-9-18(15-19)16-22(29-28-2)25-20(26)11-8-12-21(25)27;1-3-2/h5-6,8,11-16,19H,4,7,9-10,17H2,1-3H3;3H2,1-2H3/b22-16-,29-28?;. The van der Waals surface area contributed by atoms with Gasteiger partial charge in [0.25, 0.3) is 0 Å². The van der Waals surface area contributed by atoms with Gasteiger partial charge in [-0.25, -0.2) is 25.6 Å². The number of sulfone groups is 1. The molecule has 39 heavy (non-hydrogen) atoms. The predicted molar refractivity (Wildman–Crippen MR) is 150 cm³/mol. The SMILES string of the molecule is CCC.CCN(CC1C=C(/C=C(\N=NC)c2c(F)cccc2F)CCC1)S(=O)(=O)c1ccccc1S(C)(=O)=O. The predicted octanol–water partition coefficient (Wildman–Crippen LogP) is 6.64. The molecule has 0 radical (unpaired) electrons. The fourth-order valence-corrected chi connectivity index (χ4v) is 7.35. The Balaban J connectivity index is 0.00000170. The van der Waals surface area contributed by atoms with Crippen LogP contribution in [0.15, 0.2) is 80.2 Å². The molecule has 2 aromatic rings. The minimum Gasteiger partial charge on any atom is -0.224 e.